The minimum absolute atomic E-state index is 0.341. The van der Waals surface area contributed by atoms with Gasteiger partial charge in [-0.2, -0.15) is 0 Å². The number of carbonyl (C=O) groups excluding carboxylic acids is 1. The lowest BCUT2D eigenvalue weighted by molar-refractivity contribution is 0.538. The van der Waals surface area contributed by atoms with Crippen LogP contribution in [0.2, 0.25) is 19.6 Å². The van der Waals surface area contributed by atoms with E-state index in [0.717, 1.165) is 5.01 Å². The first-order valence-electron chi connectivity index (χ1n) is 4.08. The third-order valence-electron chi connectivity index (χ3n) is 1.39. The van der Waals surface area contributed by atoms with Gasteiger partial charge in [-0.3, -0.25) is 4.79 Å². The summed E-state index contributed by atoms with van der Waals surface area (Å²) in [4.78, 5) is 18.0. The molecule has 5 heteroatoms. The van der Waals surface area contributed by atoms with Crippen molar-refractivity contribution >= 4 is 25.9 Å². The fourth-order valence-electron chi connectivity index (χ4n) is 0.952. The van der Waals surface area contributed by atoms with Gasteiger partial charge in [0, 0.05) is 11.6 Å². The number of hydrogen-bond acceptors (Lipinski definition) is 4. The Morgan fingerprint density at radius 3 is 2.69 bits per heavy atom. The molecule has 0 aliphatic rings. The van der Waals surface area contributed by atoms with Crippen LogP contribution in [0.25, 0.3) is 0 Å². The molecule has 1 unspecified atom stereocenters. The van der Waals surface area contributed by atoms with Crippen LogP contribution in [-0.2, 0) is 4.79 Å². The first-order valence-corrected chi connectivity index (χ1v) is 8.45. The normalized spacial score (nSPS) is 14.1. The van der Waals surface area contributed by atoms with Crippen LogP contribution in [0.15, 0.2) is 11.6 Å². The summed E-state index contributed by atoms with van der Waals surface area (Å²) in [7, 11) is -1.44. The Morgan fingerprint density at radius 1 is 1.62 bits per heavy atom. The summed E-state index contributed by atoms with van der Waals surface area (Å²) in [6, 6.07) is -0.341. The van der Waals surface area contributed by atoms with Gasteiger partial charge in [0.25, 0.3) is 0 Å². The van der Waals surface area contributed by atoms with Crippen molar-refractivity contribution in [2.24, 2.45) is 0 Å². The highest BCUT2D eigenvalue weighted by molar-refractivity contribution is 7.09. The van der Waals surface area contributed by atoms with Crippen LogP contribution in [0.3, 0.4) is 0 Å². The molecule has 3 nitrogen and oxygen atoms in total. The highest BCUT2D eigenvalue weighted by atomic mass is 32.1. The van der Waals surface area contributed by atoms with E-state index in [0.29, 0.717) is 0 Å². The number of aromatic nitrogens is 1. The second kappa shape index (κ2) is 4.12. The molecular weight excluding hydrogens is 200 g/mol. The third-order valence-corrected chi connectivity index (χ3v) is 3.39. The first kappa shape index (κ1) is 10.6. The highest BCUT2D eigenvalue weighted by Crippen LogP contribution is 2.15. The van der Waals surface area contributed by atoms with E-state index in [4.69, 9.17) is 0 Å². The van der Waals surface area contributed by atoms with E-state index in [9.17, 15) is 4.79 Å². The Bertz CT molecular complexity index is 268. The predicted molar refractivity (Wildman–Crippen MR) is 57.0 cm³/mol. The van der Waals surface area contributed by atoms with E-state index in [-0.39, 0.29) is 6.04 Å². The quantitative estimate of drug-likeness (QED) is 0.774. The van der Waals surface area contributed by atoms with E-state index in [1.54, 1.807) is 6.20 Å². The highest BCUT2D eigenvalue weighted by Gasteiger charge is 2.22. The average molecular weight is 213 g/mol. The molecule has 0 bridgehead atoms. The Morgan fingerprint density at radius 2 is 2.31 bits per heavy atom. The lowest BCUT2D eigenvalue weighted by Crippen LogP contribution is -2.44. The molecule has 13 heavy (non-hydrogen) atoms. The molecule has 0 amide bonds. The number of thiazole rings is 1. The molecule has 0 spiro atoms. The van der Waals surface area contributed by atoms with Crippen molar-refractivity contribution in [3.63, 3.8) is 0 Å². The van der Waals surface area contributed by atoms with Crippen molar-refractivity contribution < 1.29 is 4.79 Å². The van der Waals surface area contributed by atoms with E-state index in [1.807, 2.05) is 11.7 Å². The second-order valence-corrected chi connectivity index (χ2v) is 9.53. The summed E-state index contributed by atoms with van der Waals surface area (Å²) in [5.74, 6) is 0. The molecule has 71 valence electrons. The zero-order chi connectivity index (χ0) is 9.90. The summed E-state index contributed by atoms with van der Waals surface area (Å²) in [5, 5.41) is 2.67. The zero-order valence-electron chi connectivity index (χ0n) is 8.00. The maximum Gasteiger partial charge on any atom is 0.223 e. The van der Waals surface area contributed by atoms with Gasteiger partial charge >= 0.3 is 0 Å². The number of hydrogen-bond donors (Lipinski definition) is 1. The summed E-state index contributed by atoms with van der Waals surface area (Å²) in [6.45, 7) is 6.43. The largest absolute Gasteiger partial charge is 0.323 e. The molecule has 0 fully saturated rings. The molecule has 0 saturated carbocycles. The number of rotatable bonds is 4. The smallest absolute Gasteiger partial charge is 0.223 e. The van der Waals surface area contributed by atoms with Gasteiger partial charge in [-0.15, -0.1) is 11.3 Å². The first-order chi connectivity index (χ1) is 6.03. The van der Waals surface area contributed by atoms with Gasteiger partial charge in [-0.25, -0.2) is 4.98 Å². The number of nitrogens with zero attached hydrogens (tertiary/aromatic N) is 1. The van der Waals surface area contributed by atoms with Crippen molar-refractivity contribution in [1.82, 2.24) is 9.97 Å². The lowest BCUT2D eigenvalue weighted by Gasteiger charge is -2.21. The van der Waals surface area contributed by atoms with Gasteiger partial charge in [-0.1, -0.05) is 19.6 Å². The maximum absolute atomic E-state index is 10.7. The van der Waals surface area contributed by atoms with Crippen molar-refractivity contribution in [2.45, 2.75) is 25.7 Å². The minimum atomic E-state index is -1.44. The summed E-state index contributed by atoms with van der Waals surface area (Å²) < 4.78 is 0. The van der Waals surface area contributed by atoms with E-state index in [2.05, 4.69) is 29.6 Å². The lowest BCUT2D eigenvalue weighted by atomic mass is 10.4. The molecule has 1 N–H and O–H groups in total. The van der Waals surface area contributed by atoms with Crippen molar-refractivity contribution in [2.75, 3.05) is 0 Å². The summed E-state index contributed by atoms with van der Waals surface area (Å²) in [6.07, 6.45) is 3.69. The molecule has 1 rings (SSSR count). The Labute approximate surface area is 83.3 Å². The van der Waals surface area contributed by atoms with Crippen LogP contribution in [0.5, 0.6) is 0 Å². The van der Waals surface area contributed by atoms with Gasteiger partial charge in [-0.05, 0) is 0 Å². The van der Waals surface area contributed by atoms with Crippen molar-refractivity contribution in [3.8, 4) is 0 Å². The molecule has 0 aromatic carbocycles. The van der Waals surface area contributed by atoms with Crippen LogP contribution in [-0.4, -0.2) is 19.5 Å². The average Bonchev–Trinajstić information content (AvgIpc) is 2.50. The topological polar surface area (TPSA) is 42.0 Å². The van der Waals surface area contributed by atoms with Crippen LogP contribution >= 0.6 is 11.3 Å². The molecule has 1 atom stereocenters. The molecule has 0 aliphatic heterocycles. The van der Waals surface area contributed by atoms with E-state index < -0.39 is 8.24 Å². The molecule has 0 aliphatic carbocycles. The Balaban J connectivity index is 2.70. The monoisotopic (exact) mass is 213 g/mol. The van der Waals surface area contributed by atoms with Gasteiger partial charge in [0.2, 0.25) is 6.29 Å². The standard InChI is InChI=1S/C8H13N2OSSi/c1-13(2,3)10-7(6-11)8-9-4-5-12-8/h4-5,7,10H,1-3H3. The SMILES string of the molecule is C[Si](C)(C)NC([C]=O)c1nccs1. The minimum Gasteiger partial charge on any atom is -0.323 e. The number of nitrogens with one attached hydrogen (secondary N) is 1. The van der Waals surface area contributed by atoms with Crippen LogP contribution in [0.4, 0.5) is 0 Å². The van der Waals surface area contributed by atoms with Gasteiger partial charge in [0.1, 0.15) is 19.3 Å². The predicted octanol–water partition coefficient (Wildman–Crippen LogP) is 1.72. The molecule has 1 aromatic rings. The third kappa shape index (κ3) is 3.37. The van der Waals surface area contributed by atoms with Crippen LogP contribution < -0.4 is 4.98 Å². The molecule has 1 radical (unpaired) electrons. The van der Waals surface area contributed by atoms with Crippen molar-refractivity contribution in [3.05, 3.63) is 16.6 Å². The van der Waals surface area contributed by atoms with Crippen molar-refractivity contribution in [1.29, 1.82) is 0 Å². The second-order valence-electron chi connectivity index (χ2n) is 3.82. The van der Waals surface area contributed by atoms with Gasteiger partial charge in [0.05, 0.1) is 0 Å². The van der Waals surface area contributed by atoms with E-state index in [1.165, 1.54) is 11.3 Å². The summed E-state index contributed by atoms with van der Waals surface area (Å²) in [5.41, 5.74) is 0. The van der Waals surface area contributed by atoms with Crippen LogP contribution in [0.1, 0.15) is 11.0 Å². The van der Waals surface area contributed by atoms with Crippen LogP contribution in [0, 0.1) is 0 Å². The summed E-state index contributed by atoms with van der Waals surface area (Å²) >= 11 is 1.48. The molecular formula is C8H13N2OSSi. The molecule has 1 aromatic heterocycles. The Hall–Kier alpha value is -0.523. The molecule has 0 saturated heterocycles. The van der Waals surface area contributed by atoms with Gasteiger partial charge in [0.15, 0.2) is 0 Å². The van der Waals surface area contributed by atoms with Gasteiger partial charge < -0.3 is 4.98 Å². The molecule has 1 heterocycles. The zero-order valence-corrected chi connectivity index (χ0v) is 9.81. The fourth-order valence-corrected chi connectivity index (χ4v) is 2.74. The maximum atomic E-state index is 10.7. The van der Waals surface area contributed by atoms with E-state index >= 15 is 0 Å². The Kier molecular flexibility index (Phi) is 3.35. The fraction of sp³-hybridized carbons (Fsp3) is 0.500.